The van der Waals surface area contributed by atoms with Gasteiger partial charge in [-0.25, -0.2) is 0 Å². The fourth-order valence-electron chi connectivity index (χ4n) is 3.82. The molecule has 0 bridgehead atoms. The van der Waals surface area contributed by atoms with Gasteiger partial charge in [0.1, 0.15) is 0 Å². The first-order valence-corrected chi connectivity index (χ1v) is 10.1. The molecule has 174 valence electrons. The highest BCUT2D eigenvalue weighted by atomic mass is 16.5. The second-order valence-corrected chi connectivity index (χ2v) is 7.50. The van der Waals surface area contributed by atoms with Crippen molar-refractivity contribution in [1.82, 2.24) is 0 Å². The van der Waals surface area contributed by atoms with Gasteiger partial charge in [0.15, 0.2) is 28.8 Å². The quantitative estimate of drug-likeness (QED) is 0.523. The van der Waals surface area contributed by atoms with E-state index in [1.807, 2.05) is 0 Å². The van der Waals surface area contributed by atoms with E-state index >= 15 is 0 Å². The number of aromatic hydroxyl groups is 2. The van der Waals surface area contributed by atoms with Crippen molar-refractivity contribution in [2.45, 2.75) is 37.6 Å². The highest BCUT2D eigenvalue weighted by Crippen LogP contribution is 2.42. The van der Waals surface area contributed by atoms with Gasteiger partial charge >= 0.3 is 0 Å². The van der Waals surface area contributed by atoms with Gasteiger partial charge in [0.05, 0.1) is 46.8 Å². The monoisotopic (exact) mass is 448 g/mol. The molecule has 0 unspecified atom stereocenters. The van der Waals surface area contributed by atoms with E-state index in [2.05, 4.69) is 0 Å². The number of phenols is 2. The molecule has 32 heavy (non-hydrogen) atoms. The van der Waals surface area contributed by atoms with Crippen LogP contribution in [0.15, 0.2) is 24.3 Å². The number of rotatable bonds is 8. The molecule has 1 heterocycles. The molecule has 1 saturated heterocycles. The van der Waals surface area contributed by atoms with Crippen LogP contribution in [-0.4, -0.2) is 61.7 Å². The Morgan fingerprint density at radius 1 is 0.875 bits per heavy atom. The number of aliphatic hydroxyl groups is 1. The molecular weight excluding hydrogens is 420 g/mol. The van der Waals surface area contributed by atoms with E-state index in [0.29, 0.717) is 24.0 Å². The standard InChI is InChI=1S/C23H28O9/c1-28-18-5-12(6-19(29-2)22(18)26)16(25)11-15-9-14(24)10-17(32-15)13-7-20(30-3)23(27)21(8-13)31-4/h5-8,14-15,17,24,26-27H,9-11H2,1-4H3/t14-,15-,17+/m0/s1. The zero-order valence-electron chi connectivity index (χ0n) is 18.5. The number of phenolic OH excluding ortho intramolecular Hbond substituents is 2. The van der Waals surface area contributed by atoms with E-state index in [1.54, 1.807) is 12.1 Å². The van der Waals surface area contributed by atoms with Crippen LogP contribution in [0.3, 0.4) is 0 Å². The molecule has 3 atom stereocenters. The van der Waals surface area contributed by atoms with Gasteiger partial charge in [-0.2, -0.15) is 0 Å². The Labute approximate surface area is 186 Å². The molecule has 0 aromatic heterocycles. The number of carbonyl (C=O) groups is 1. The summed E-state index contributed by atoms with van der Waals surface area (Å²) in [6.07, 6.45) is -1.13. The number of ketones is 1. The van der Waals surface area contributed by atoms with Gasteiger partial charge in [-0.15, -0.1) is 0 Å². The van der Waals surface area contributed by atoms with Crippen LogP contribution in [0, 0.1) is 0 Å². The fourth-order valence-corrected chi connectivity index (χ4v) is 3.82. The number of Topliss-reactive ketones (excluding diaryl/α,β-unsaturated/α-hetero) is 1. The lowest BCUT2D eigenvalue weighted by molar-refractivity contribution is -0.0963. The average Bonchev–Trinajstić information content (AvgIpc) is 2.78. The first-order valence-electron chi connectivity index (χ1n) is 10.1. The van der Waals surface area contributed by atoms with Crippen molar-refractivity contribution < 1.29 is 43.8 Å². The number of benzene rings is 2. The molecule has 3 N–H and O–H groups in total. The van der Waals surface area contributed by atoms with Crippen molar-refractivity contribution in [3.8, 4) is 34.5 Å². The van der Waals surface area contributed by atoms with E-state index in [-0.39, 0.29) is 46.7 Å². The predicted octanol–water partition coefficient (Wildman–Crippen LogP) is 2.99. The van der Waals surface area contributed by atoms with Crippen molar-refractivity contribution in [3.05, 3.63) is 35.4 Å². The number of carbonyl (C=O) groups excluding carboxylic acids is 1. The first-order chi connectivity index (χ1) is 15.3. The van der Waals surface area contributed by atoms with Crippen LogP contribution in [0.5, 0.6) is 34.5 Å². The van der Waals surface area contributed by atoms with Crippen LogP contribution in [0.2, 0.25) is 0 Å². The average molecular weight is 448 g/mol. The molecular formula is C23H28O9. The van der Waals surface area contributed by atoms with Gasteiger partial charge < -0.3 is 39.0 Å². The van der Waals surface area contributed by atoms with E-state index < -0.39 is 18.3 Å². The Morgan fingerprint density at radius 3 is 1.81 bits per heavy atom. The summed E-state index contributed by atoms with van der Waals surface area (Å²) in [6.45, 7) is 0. The molecule has 9 heteroatoms. The first kappa shape index (κ1) is 23.5. The van der Waals surface area contributed by atoms with Gasteiger partial charge in [0.25, 0.3) is 0 Å². The fraction of sp³-hybridized carbons (Fsp3) is 0.435. The van der Waals surface area contributed by atoms with Crippen LogP contribution in [-0.2, 0) is 4.74 Å². The Bertz CT molecular complexity index is 922. The molecule has 1 fully saturated rings. The second-order valence-electron chi connectivity index (χ2n) is 7.50. The third-order valence-electron chi connectivity index (χ3n) is 5.47. The summed E-state index contributed by atoms with van der Waals surface area (Å²) < 4.78 is 26.8. The third-order valence-corrected chi connectivity index (χ3v) is 5.47. The second kappa shape index (κ2) is 9.97. The van der Waals surface area contributed by atoms with Gasteiger partial charge in [0, 0.05) is 24.8 Å². The lowest BCUT2D eigenvalue weighted by Gasteiger charge is -2.33. The molecule has 0 aliphatic carbocycles. The minimum atomic E-state index is -0.679. The Balaban J connectivity index is 1.81. The van der Waals surface area contributed by atoms with Crippen molar-refractivity contribution in [3.63, 3.8) is 0 Å². The van der Waals surface area contributed by atoms with Crippen LogP contribution >= 0.6 is 0 Å². The topological polar surface area (TPSA) is 124 Å². The zero-order valence-corrected chi connectivity index (χ0v) is 18.5. The molecule has 0 radical (unpaired) electrons. The maximum absolute atomic E-state index is 12.9. The highest BCUT2D eigenvalue weighted by Gasteiger charge is 2.32. The maximum Gasteiger partial charge on any atom is 0.200 e. The number of ether oxygens (including phenoxy) is 5. The van der Waals surface area contributed by atoms with Crippen LogP contribution in [0.1, 0.15) is 41.3 Å². The lowest BCUT2D eigenvalue weighted by atomic mass is 9.92. The summed E-state index contributed by atoms with van der Waals surface area (Å²) in [7, 11) is 5.62. The Morgan fingerprint density at radius 2 is 1.34 bits per heavy atom. The normalized spacial score (nSPS) is 20.5. The van der Waals surface area contributed by atoms with Crippen molar-refractivity contribution in [2.24, 2.45) is 0 Å². The van der Waals surface area contributed by atoms with Crippen LogP contribution < -0.4 is 18.9 Å². The van der Waals surface area contributed by atoms with Gasteiger partial charge in [0.2, 0.25) is 11.5 Å². The molecule has 0 amide bonds. The SMILES string of the molecule is COc1cc(C(=O)C[C@@H]2C[C@H](O)C[C@H](c3cc(OC)c(O)c(OC)c3)O2)cc(OC)c1O. The summed E-state index contributed by atoms with van der Waals surface area (Å²) in [5, 5.41) is 30.6. The van der Waals surface area contributed by atoms with E-state index in [4.69, 9.17) is 23.7 Å². The number of aliphatic hydroxyl groups excluding tert-OH is 1. The van der Waals surface area contributed by atoms with Gasteiger partial charge in [-0.1, -0.05) is 0 Å². The molecule has 1 aliphatic rings. The molecule has 1 aliphatic heterocycles. The van der Waals surface area contributed by atoms with Crippen LogP contribution in [0.4, 0.5) is 0 Å². The van der Waals surface area contributed by atoms with E-state index in [0.717, 1.165) is 0 Å². The summed E-state index contributed by atoms with van der Waals surface area (Å²) in [5.41, 5.74) is 0.949. The Hall–Kier alpha value is -3.17. The largest absolute Gasteiger partial charge is 0.502 e. The van der Waals surface area contributed by atoms with Gasteiger partial charge in [-0.3, -0.25) is 4.79 Å². The summed E-state index contributed by atoms with van der Waals surface area (Å²) in [6, 6.07) is 6.11. The molecule has 0 saturated carbocycles. The number of methoxy groups -OCH3 is 4. The maximum atomic E-state index is 12.9. The van der Waals surface area contributed by atoms with Gasteiger partial charge in [-0.05, 0) is 29.8 Å². The van der Waals surface area contributed by atoms with Crippen molar-refractivity contribution in [2.75, 3.05) is 28.4 Å². The minimum absolute atomic E-state index is 0.0109. The molecule has 0 spiro atoms. The zero-order chi connectivity index (χ0) is 23.4. The lowest BCUT2D eigenvalue weighted by Crippen LogP contribution is -2.33. The van der Waals surface area contributed by atoms with E-state index in [9.17, 15) is 20.1 Å². The minimum Gasteiger partial charge on any atom is -0.502 e. The number of hydrogen-bond donors (Lipinski definition) is 3. The van der Waals surface area contributed by atoms with Crippen molar-refractivity contribution in [1.29, 1.82) is 0 Å². The molecule has 2 aromatic rings. The predicted molar refractivity (Wildman–Crippen MR) is 114 cm³/mol. The molecule has 3 rings (SSSR count). The summed E-state index contributed by atoms with van der Waals surface area (Å²) in [4.78, 5) is 12.9. The molecule has 9 nitrogen and oxygen atoms in total. The third kappa shape index (κ3) is 4.84. The van der Waals surface area contributed by atoms with Crippen LogP contribution in [0.25, 0.3) is 0 Å². The number of hydrogen-bond acceptors (Lipinski definition) is 9. The summed E-state index contributed by atoms with van der Waals surface area (Å²) in [5.74, 6) is 0.123. The molecule has 2 aromatic carbocycles. The highest BCUT2D eigenvalue weighted by molar-refractivity contribution is 5.97. The van der Waals surface area contributed by atoms with E-state index in [1.165, 1.54) is 40.6 Å². The Kier molecular flexibility index (Phi) is 7.32. The summed E-state index contributed by atoms with van der Waals surface area (Å²) >= 11 is 0. The van der Waals surface area contributed by atoms with Crippen molar-refractivity contribution >= 4 is 5.78 Å². The smallest absolute Gasteiger partial charge is 0.200 e.